The monoisotopic (exact) mass is 258 g/mol. The van der Waals surface area contributed by atoms with Gasteiger partial charge in [-0.3, -0.25) is 4.79 Å². The molecule has 0 aliphatic carbocycles. The smallest absolute Gasteiger partial charge is 0.250 e. The fraction of sp³-hybridized carbons (Fsp3) is 0.545. The molecule has 1 unspecified atom stereocenters. The number of aliphatic hydroxyl groups is 2. The average Bonchev–Trinajstić information content (AvgIpc) is 2.32. The SMILES string of the molecule is Nc1ccc(=O)n(CCCSCC(O)CO)c1. The number of aliphatic hydroxyl groups excluding tert-OH is 2. The van der Waals surface area contributed by atoms with E-state index in [2.05, 4.69) is 0 Å². The number of thioether (sulfide) groups is 1. The van der Waals surface area contributed by atoms with Crippen LogP contribution < -0.4 is 11.3 Å². The normalized spacial score (nSPS) is 12.6. The van der Waals surface area contributed by atoms with E-state index in [9.17, 15) is 4.79 Å². The molecule has 0 saturated heterocycles. The second-order valence-corrected chi connectivity index (χ2v) is 4.91. The second kappa shape index (κ2) is 7.37. The zero-order valence-corrected chi connectivity index (χ0v) is 10.4. The maximum Gasteiger partial charge on any atom is 0.250 e. The molecule has 1 heterocycles. The molecule has 96 valence electrons. The lowest BCUT2D eigenvalue weighted by molar-refractivity contribution is 0.113. The highest BCUT2D eigenvalue weighted by molar-refractivity contribution is 7.99. The summed E-state index contributed by atoms with van der Waals surface area (Å²) in [5.74, 6) is 1.35. The molecule has 1 atom stereocenters. The Labute approximate surface area is 104 Å². The summed E-state index contributed by atoms with van der Waals surface area (Å²) < 4.78 is 1.58. The first kappa shape index (κ1) is 14.1. The van der Waals surface area contributed by atoms with Crippen molar-refractivity contribution in [1.82, 2.24) is 4.57 Å². The first-order valence-corrected chi connectivity index (χ1v) is 6.61. The van der Waals surface area contributed by atoms with Crippen molar-refractivity contribution >= 4 is 17.4 Å². The number of rotatable bonds is 7. The standard InChI is InChI=1S/C11H18N2O3S/c12-9-2-3-11(16)13(6-9)4-1-5-17-8-10(15)7-14/h2-3,6,10,14-15H,1,4-5,7-8,12H2. The summed E-state index contributed by atoms with van der Waals surface area (Å²) in [4.78, 5) is 11.4. The number of hydrogen-bond donors (Lipinski definition) is 3. The van der Waals surface area contributed by atoms with Crippen LogP contribution in [0, 0.1) is 0 Å². The molecule has 6 heteroatoms. The third kappa shape index (κ3) is 5.25. The number of pyridine rings is 1. The van der Waals surface area contributed by atoms with Crippen molar-refractivity contribution in [2.75, 3.05) is 23.8 Å². The van der Waals surface area contributed by atoms with E-state index in [0.29, 0.717) is 18.0 Å². The molecule has 0 saturated carbocycles. The van der Waals surface area contributed by atoms with E-state index in [4.69, 9.17) is 15.9 Å². The highest BCUT2D eigenvalue weighted by Crippen LogP contribution is 2.06. The molecular weight excluding hydrogens is 240 g/mol. The van der Waals surface area contributed by atoms with E-state index in [-0.39, 0.29) is 12.2 Å². The van der Waals surface area contributed by atoms with Crippen molar-refractivity contribution in [1.29, 1.82) is 0 Å². The fourth-order valence-corrected chi connectivity index (χ4v) is 2.21. The van der Waals surface area contributed by atoms with Crippen molar-refractivity contribution in [3.63, 3.8) is 0 Å². The van der Waals surface area contributed by atoms with Gasteiger partial charge in [-0.25, -0.2) is 0 Å². The molecule has 0 aromatic carbocycles. The Balaban J connectivity index is 2.27. The first-order chi connectivity index (χ1) is 8.13. The molecule has 0 aliphatic rings. The minimum Gasteiger partial charge on any atom is -0.398 e. The molecule has 17 heavy (non-hydrogen) atoms. The van der Waals surface area contributed by atoms with Gasteiger partial charge in [-0.1, -0.05) is 0 Å². The third-order valence-electron chi connectivity index (χ3n) is 2.22. The van der Waals surface area contributed by atoms with Gasteiger partial charge in [-0.15, -0.1) is 0 Å². The molecule has 0 bridgehead atoms. The van der Waals surface area contributed by atoms with Crippen LogP contribution in [0.15, 0.2) is 23.1 Å². The van der Waals surface area contributed by atoms with Gasteiger partial charge in [0, 0.05) is 30.2 Å². The van der Waals surface area contributed by atoms with E-state index in [1.54, 1.807) is 28.6 Å². The van der Waals surface area contributed by atoms with Gasteiger partial charge >= 0.3 is 0 Å². The topological polar surface area (TPSA) is 88.5 Å². The summed E-state index contributed by atoms with van der Waals surface area (Å²) in [6.07, 6.45) is 1.80. The Kier molecular flexibility index (Phi) is 6.10. The number of nitrogen functional groups attached to an aromatic ring is 1. The van der Waals surface area contributed by atoms with Gasteiger partial charge < -0.3 is 20.5 Å². The van der Waals surface area contributed by atoms with Gasteiger partial charge in [-0.05, 0) is 18.2 Å². The van der Waals surface area contributed by atoms with Gasteiger partial charge in [0.25, 0.3) is 5.56 Å². The lowest BCUT2D eigenvalue weighted by Crippen LogP contribution is -2.19. The van der Waals surface area contributed by atoms with Crippen LogP contribution in [0.25, 0.3) is 0 Å². The lowest BCUT2D eigenvalue weighted by Gasteiger charge is -2.08. The van der Waals surface area contributed by atoms with E-state index in [1.165, 1.54) is 6.07 Å². The minimum atomic E-state index is -0.657. The van der Waals surface area contributed by atoms with Crippen LogP contribution in [0.4, 0.5) is 5.69 Å². The zero-order valence-electron chi connectivity index (χ0n) is 9.58. The number of aryl methyl sites for hydroxylation is 1. The van der Waals surface area contributed by atoms with Crippen LogP contribution in [0.3, 0.4) is 0 Å². The van der Waals surface area contributed by atoms with Crippen LogP contribution in [-0.4, -0.2) is 39.0 Å². The summed E-state index contributed by atoms with van der Waals surface area (Å²) in [7, 11) is 0. The summed E-state index contributed by atoms with van der Waals surface area (Å²) in [5, 5.41) is 17.7. The summed E-state index contributed by atoms with van der Waals surface area (Å²) in [6, 6.07) is 3.04. The van der Waals surface area contributed by atoms with Crippen LogP contribution in [0.2, 0.25) is 0 Å². The quantitative estimate of drug-likeness (QED) is 0.595. The molecule has 0 radical (unpaired) electrons. The molecule has 5 nitrogen and oxygen atoms in total. The Hall–Kier alpha value is -0.980. The third-order valence-corrected chi connectivity index (χ3v) is 3.41. The lowest BCUT2D eigenvalue weighted by atomic mass is 10.4. The van der Waals surface area contributed by atoms with Crippen molar-refractivity contribution in [2.45, 2.75) is 19.1 Å². The highest BCUT2D eigenvalue weighted by atomic mass is 32.2. The van der Waals surface area contributed by atoms with Gasteiger partial charge in [0.05, 0.1) is 12.7 Å². The first-order valence-electron chi connectivity index (χ1n) is 5.46. The molecular formula is C11H18N2O3S. The van der Waals surface area contributed by atoms with Crippen molar-refractivity contribution < 1.29 is 10.2 Å². The van der Waals surface area contributed by atoms with E-state index < -0.39 is 6.10 Å². The van der Waals surface area contributed by atoms with Crippen LogP contribution in [0.5, 0.6) is 0 Å². The van der Waals surface area contributed by atoms with E-state index in [1.807, 2.05) is 0 Å². The number of anilines is 1. The number of hydrogen-bond acceptors (Lipinski definition) is 5. The van der Waals surface area contributed by atoms with Crippen LogP contribution >= 0.6 is 11.8 Å². The predicted molar refractivity (Wildman–Crippen MR) is 70.1 cm³/mol. The Morgan fingerprint density at radius 1 is 1.47 bits per heavy atom. The van der Waals surface area contributed by atoms with Crippen molar-refractivity contribution in [2.24, 2.45) is 0 Å². The molecule has 0 spiro atoms. The van der Waals surface area contributed by atoms with Gasteiger partial charge in [0.2, 0.25) is 0 Å². The molecule has 1 aromatic rings. The largest absolute Gasteiger partial charge is 0.398 e. The fourth-order valence-electron chi connectivity index (χ4n) is 1.33. The van der Waals surface area contributed by atoms with Crippen LogP contribution in [0.1, 0.15) is 6.42 Å². The molecule has 0 fully saturated rings. The van der Waals surface area contributed by atoms with Crippen molar-refractivity contribution in [3.05, 3.63) is 28.7 Å². The van der Waals surface area contributed by atoms with Crippen molar-refractivity contribution in [3.8, 4) is 0 Å². The summed E-state index contributed by atoms with van der Waals surface area (Å²) in [5.41, 5.74) is 6.11. The van der Waals surface area contributed by atoms with E-state index >= 15 is 0 Å². The predicted octanol–water partition coefficient (Wildman–Crippen LogP) is -0.0930. The van der Waals surface area contributed by atoms with Crippen LogP contribution in [-0.2, 0) is 6.54 Å². The molecule has 1 rings (SSSR count). The zero-order chi connectivity index (χ0) is 12.7. The number of nitrogens with two attached hydrogens (primary N) is 1. The number of aromatic nitrogens is 1. The van der Waals surface area contributed by atoms with Gasteiger partial charge in [0.1, 0.15) is 0 Å². The summed E-state index contributed by atoms with van der Waals surface area (Å²) in [6.45, 7) is 0.410. The Bertz CT molecular complexity index is 395. The maximum atomic E-state index is 11.4. The summed E-state index contributed by atoms with van der Waals surface area (Å²) >= 11 is 1.56. The molecule has 1 aromatic heterocycles. The van der Waals surface area contributed by atoms with Gasteiger partial charge in [0.15, 0.2) is 0 Å². The molecule has 0 aliphatic heterocycles. The highest BCUT2D eigenvalue weighted by Gasteiger charge is 2.01. The molecule has 0 amide bonds. The van der Waals surface area contributed by atoms with E-state index in [0.717, 1.165) is 12.2 Å². The number of nitrogens with zero attached hydrogens (tertiary/aromatic N) is 1. The molecule has 4 N–H and O–H groups in total. The Morgan fingerprint density at radius 3 is 2.94 bits per heavy atom. The maximum absolute atomic E-state index is 11.4. The second-order valence-electron chi connectivity index (χ2n) is 3.76. The average molecular weight is 258 g/mol. The minimum absolute atomic E-state index is 0.0559. The van der Waals surface area contributed by atoms with Gasteiger partial charge in [-0.2, -0.15) is 11.8 Å². The Morgan fingerprint density at radius 2 is 2.24 bits per heavy atom.